The van der Waals surface area contributed by atoms with Gasteiger partial charge in [0.2, 0.25) is 0 Å². The maximum Gasteiger partial charge on any atom is 0.118 e. The molecule has 3 heteroatoms. The van der Waals surface area contributed by atoms with Gasteiger partial charge in [0.1, 0.15) is 5.75 Å². The zero-order valence-corrected chi connectivity index (χ0v) is 11.9. The molecule has 0 aromatic heterocycles. The Morgan fingerprint density at radius 1 is 1.05 bits per heavy atom. The zero-order chi connectivity index (χ0) is 14.4. The van der Waals surface area contributed by atoms with Crippen LogP contribution in [-0.4, -0.2) is 25.3 Å². The standard InChI is InChI=1S/C17H21NO2/c1-18-16(12-13-6-4-3-5-7-13)17(19)14-8-10-15(20-2)11-9-14/h3-11,16-19H,12H2,1-2H3/t16-,17+/m1/s1. The SMILES string of the molecule is CN[C@H](Cc1ccccc1)[C@@H](O)c1ccc(OC)cc1. The first-order valence-electron chi connectivity index (χ1n) is 6.78. The Morgan fingerprint density at radius 2 is 1.70 bits per heavy atom. The van der Waals surface area contributed by atoms with Gasteiger partial charge in [-0.1, -0.05) is 42.5 Å². The van der Waals surface area contributed by atoms with E-state index in [2.05, 4.69) is 17.4 Å². The lowest BCUT2D eigenvalue weighted by molar-refractivity contribution is 0.132. The van der Waals surface area contributed by atoms with Gasteiger partial charge in [0.25, 0.3) is 0 Å². The summed E-state index contributed by atoms with van der Waals surface area (Å²) in [5.41, 5.74) is 2.10. The lowest BCUT2D eigenvalue weighted by Gasteiger charge is -2.23. The third kappa shape index (κ3) is 3.59. The van der Waals surface area contributed by atoms with Gasteiger partial charge in [-0.15, -0.1) is 0 Å². The fourth-order valence-electron chi connectivity index (χ4n) is 2.27. The van der Waals surface area contributed by atoms with Crippen LogP contribution in [0.1, 0.15) is 17.2 Å². The number of ether oxygens (including phenoxy) is 1. The summed E-state index contributed by atoms with van der Waals surface area (Å²) < 4.78 is 5.13. The molecule has 0 aliphatic carbocycles. The molecule has 0 heterocycles. The first kappa shape index (κ1) is 14.6. The van der Waals surface area contributed by atoms with E-state index in [1.165, 1.54) is 5.56 Å². The normalized spacial score (nSPS) is 13.8. The van der Waals surface area contributed by atoms with E-state index in [0.717, 1.165) is 17.7 Å². The molecule has 0 unspecified atom stereocenters. The average molecular weight is 271 g/mol. The highest BCUT2D eigenvalue weighted by atomic mass is 16.5. The van der Waals surface area contributed by atoms with Gasteiger partial charge in [0.05, 0.1) is 13.2 Å². The van der Waals surface area contributed by atoms with E-state index < -0.39 is 6.10 Å². The Kier molecular flexibility index (Phi) is 5.16. The lowest BCUT2D eigenvalue weighted by Crippen LogP contribution is -2.34. The van der Waals surface area contributed by atoms with Gasteiger partial charge < -0.3 is 15.2 Å². The van der Waals surface area contributed by atoms with Crippen LogP contribution in [0, 0.1) is 0 Å². The number of benzene rings is 2. The number of hydrogen-bond acceptors (Lipinski definition) is 3. The Bertz CT molecular complexity index is 510. The highest BCUT2D eigenvalue weighted by molar-refractivity contribution is 5.29. The molecule has 106 valence electrons. The summed E-state index contributed by atoms with van der Waals surface area (Å²) in [5, 5.41) is 13.7. The van der Waals surface area contributed by atoms with Gasteiger partial charge in [-0.05, 0) is 36.7 Å². The third-order valence-corrected chi connectivity index (χ3v) is 3.51. The van der Waals surface area contributed by atoms with Crippen LogP contribution in [0.15, 0.2) is 54.6 Å². The summed E-state index contributed by atoms with van der Waals surface area (Å²) in [6, 6.07) is 17.7. The predicted molar refractivity (Wildman–Crippen MR) is 80.9 cm³/mol. The molecule has 2 rings (SSSR count). The number of likely N-dealkylation sites (N-methyl/N-ethyl adjacent to an activating group) is 1. The highest BCUT2D eigenvalue weighted by Crippen LogP contribution is 2.22. The topological polar surface area (TPSA) is 41.5 Å². The van der Waals surface area contributed by atoms with Crippen LogP contribution in [0.4, 0.5) is 0 Å². The van der Waals surface area contributed by atoms with Crippen molar-refractivity contribution in [3.8, 4) is 5.75 Å². The molecule has 2 aromatic rings. The summed E-state index contributed by atoms with van der Waals surface area (Å²) in [5.74, 6) is 0.796. The molecule has 0 saturated carbocycles. The van der Waals surface area contributed by atoms with Crippen molar-refractivity contribution in [2.75, 3.05) is 14.2 Å². The second-order valence-electron chi connectivity index (χ2n) is 4.80. The Morgan fingerprint density at radius 3 is 2.25 bits per heavy atom. The molecule has 0 saturated heterocycles. The van der Waals surface area contributed by atoms with E-state index >= 15 is 0 Å². The van der Waals surface area contributed by atoms with E-state index in [1.807, 2.05) is 49.5 Å². The van der Waals surface area contributed by atoms with Crippen molar-refractivity contribution in [2.24, 2.45) is 0 Å². The maximum atomic E-state index is 10.5. The van der Waals surface area contributed by atoms with Gasteiger partial charge in [-0.3, -0.25) is 0 Å². The minimum atomic E-state index is -0.550. The molecule has 0 radical (unpaired) electrons. The van der Waals surface area contributed by atoms with Gasteiger partial charge in [0, 0.05) is 6.04 Å². The van der Waals surface area contributed by atoms with Gasteiger partial charge in [-0.2, -0.15) is 0 Å². The van der Waals surface area contributed by atoms with Crippen molar-refractivity contribution in [1.29, 1.82) is 0 Å². The number of rotatable bonds is 6. The third-order valence-electron chi connectivity index (χ3n) is 3.51. The second-order valence-corrected chi connectivity index (χ2v) is 4.80. The maximum absolute atomic E-state index is 10.5. The van der Waals surface area contributed by atoms with Crippen LogP contribution >= 0.6 is 0 Å². The Labute approximate surface area is 120 Å². The monoisotopic (exact) mass is 271 g/mol. The molecule has 0 fully saturated rings. The van der Waals surface area contributed by atoms with Crippen molar-refractivity contribution in [2.45, 2.75) is 18.6 Å². The molecular formula is C17H21NO2. The largest absolute Gasteiger partial charge is 0.497 e. The van der Waals surface area contributed by atoms with Crippen molar-refractivity contribution >= 4 is 0 Å². The fourth-order valence-corrected chi connectivity index (χ4v) is 2.27. The van der Waals surface area contributed by atoms with Crippen molar-refractivity contribution in [1.82, 2.24) is 5.32 Å². The van der Waals surface area contributed by atoms with E-state index in [0.29, 0.717) is 0 Å². The molecule has 2 aromatic carbocycles. The van der Waals surface area contributed by atoms with Crippen LogP contribution in [-0.2, 0) is 6.42 Å². The van der Waals surface area contributed by atoms with Gasteiger partial charge in [-0.25, -0.2) is 0 Å². The van der Waals surface area contributed by atoms with Crippen LogP contribution in [0.25, 0.3) is 0 Å². The molecule has 0 spiro atoms. The number of nitrogens with one attached hydrogen (secondary N) is 1. The number of aliphatic hydroxyl groups excluding tert-OH is 1. The first-order chi connectivity index (χ1) is 9.74. The first-order valence-corrected chi connectivity index (χ1v) is 6.78. The molecule has 0 bridgehead atoms. The molecular weight excluding hydrogens is 250 g/mol. The summed E-state index contributed by atoms with van der Waals surface area (Å²) in [4.78, 5) is 0. The van der Waals surface area contributed by atoms with E-state index in [9.17, 15) is 5.11 Å². The zero-order valence-electron chi connectivity index (χ0n) is 11.9. The smallest absolute Gasteiger partial charge is 0.118 e. The lowest BCUT2D eigenvalue weighted by atomic mass is 9.96. The summed E-state index contributed by atoms with van der Waals surface area (Å²) in [6.07, 6.45) is 0.232. The van der Waals surface area contributed by atoms with Crippen molar-refractivity contribution < 1.29 is 9.84 Å². The quantitative estimate of drug-likeness (QED) is 0.848. The van der Waals surface area contributed by atoms with Crippen LogP contribution in [0.5, 0.6) is 5.75 Å². The molecule has 20 heavy (non-hydrogen) atoms. The number of methoxy groups -OCH3 is 1. The number of aliphatic hydroxyl groups is 1. The predicted octanol–water partition coefficient (Wildman–Crippen LogP) is 2.56. The van der Waals surface area contributed by atoms with E-state index in [1.54, 1.807) is 7.11 Å². The molecule has 3 nitrogen and oxygen atoms in total. The summed E-state index contributed by atoms with van der Waals surface area (Å²) in [7, 11) is 3.51. The molecule has 2 atom stereocenters. The van der Waals surface area contributed by atoms with Crippen molar-refractivity contribution in [3.63, 3.8) is 0 Å². The van der Waals surface area contributed by atoms with Crippen molar-refractivity contribution in [3.05, 3.63) is 65.7 Å². The van der Waals surface area contributed by atoms with Crippen LogP contribution in [0.3, 0.4) is 0 Å². The average Bonchev–Trinajstić information content (AvgIpc) is 2.53. The second kappa shape index (κ2) is 7.08. The highest BCUT2D eigenvalue weighted by Gasteiger charge is 2.19. The Balaban J connectivity index is 2.09. The summed E-state index contributed by atoms with van der Waals surface area (Å²) in [6.45, 7) is 0. The molecule has 0 amide bonds. The van der Waals surface area contributed by atoms with Gasteiger partial charge >= 0.3 is 0 Å². The molecule has 0 aliphatic heterocycles. The molecule has 2 N–H and O–H groups in total. The van der Waals surface area contributed by atoms with Gasteiger partial charge in [0.15, 0.2) is 0 Å². The summed E-state index contributed by atoms with van der Waals surface area (Å²) >= 11 is 0. The fraction of sp³-hybridized carbons (Fsp3) is 0.294. The molecule has 0 aliphatic rings. The van der Waals surface area contributed by atoms with E-state index in [-0.39, 0.29) is 6.04 Å². The minimum Gasteiger partial charge on any atom is -0.497 e. The number of hydrogen-bond donors (Lipinski definition) is 2. The Hall–Kier alpha value is -1.84. The minimum absolute atomic E-state index is 0.0224. The van der Waals surface area contributed by atoms with Crippen LogP contribution < -0.4 is 10.1 Å². The van der Waals surface area contributed by atoms with E-state index in [4.69, 9.17) is 4.74 Å². The van der Waals surface area contributed by atoms with Crippen LogP contribution in [0.2, 0.25) is 0 Å².